The zero-order valence-electron chi connectivity index (χ0n) is 9.00. The number of hydrogen-bond acceptors (Lipinski definition) is 3. The van der Waals surface area contributed by atoms with E-state index in [9.17, 15) is 0 Å². The van der Waals surface area contributed by atoms with Crippen molar-refractivity contribution >= 4 is 0 Å². The quantitative estimate of drug-likeness (QED) is 0.766. The summed E-state index contributed by atoms with van der Waals surface area (Å²) in [4.78, 5) is 0. The summed E-state index contributed by atoms with van der Waals surface area (Å²) in [6, 6.07) is 0. The lowest BCUT2D eigenvalue weighted by Crippen LogP contribution is -2.35. The Bertz CT molecular complexity index is 326. The van der Waals surface area contributed by atoms with Gasteiger partial charge in [-0.25, -0.2) is 0 Å². The normalized spacial score (nSPS) is 26.8. The van der Waals surface area contributed by atoms with E-state index in [2.05, 4.69) is 17.3 Å². The summed E-state index contributed by atoms with van der Waals surface area (Å²) >= 11 is 0. The molecule has 1 fully saturated rings. The molecular formula is C10H17N3O. The Hall–Kier alpha value is -1.03. The fourth-order valence-corrected chi connectivity index (χ4v) is 2.29. The third-order valence-electron chi connectivity index (χ3n) is 3.02. The van der Waals surface area contributed by atoms with Crippen LogP contribution in [0.5, 0.6) is 5.75 Å². The summed E-state index contributed by atoms with van der Waals surface area (Å²) < 4.78 is 7.22. The Balaban J connectivity index is 2.42. The van der Waals surface area contributed by atoms with Crippen LogP contribution in [0, 0.1) is 0 Å². The van der Waals surface area contributed by atoms with Gasteiger partial charge in [0, 0.05) is 7.05 Å². The molecule has 0 radical (unpaired) electrons. The summed E-state index contributed by atoms with van der Waals surface area (Å²) in [6.07, 6.45) is 4.13. The summed E-state index contributed by atoms with van der Waals surface area (Å²) in [5.41, 5.74) is 1.17. The zero-order valence-corrected chi connectivity index (χ0v) is 9.00. The fourth-order valence-electron chi connectivity index (χ4n) is 2.29. The molecule has 1 saturated heterocycles. The van der Waals surface area contributed by atoms with Crippen LogP contribution in [-0.4, -0.2) is 23.4 Å². The van der Waals surface area contributed by atoms with Crippen LogP contribution in [0.4, 0.5) is 0 Å². The van der Waals surface area contributed by atoms with Crippen molar-refractivity contribution in [2.24, 2.45) is 7.05 Å². The number of rotatable bonds is 2. The van der Waals surface area contributed by atoms with Crippen LogP contribution in [0.3, 0.4) is 0 Å². The number of aryl methyl sites for hydroxylation is 1. The predicted octanol–water partition coefficient (Wildman–Crippen LogP) is 1.03. The van der Waals surface area contributed by atoms with Crippen LogP contribution >= 0.6 is 0 Å². The second kappa shape index (κ2) is 3.28. The van der Waals surface area contributed by atoms with E-state index in [4.69, 9.17) is 4.74 Å². The van der Waals surface area contributed by atoms with E-state index >= 15 is 0 Å². The summed E-state index contributed by atoms with van der Waals surface area (Å²) in [7, 11) is 3.65. The van der Waals surface area contributed by atoms with E-state index in [1.165, 1.54) is 6.42 Å². The molecular weight excluding hydrogens is 178 g/mol. The van der Waals surface area contributed by atoms with Gasteiger partial charge in [0.25, 0.3) is 0 Å². The minimum atomic E-state index is 0.0244. The van der Waals surface area contributed by atoms with Crippen molar-refractivity contribution in [2.45, 2.75) is 25.3 Å². The SMILES string of the molecule is COc1cnn(C)c1C1(C)CCCN1. The molecule has 1 aliphatic rings. The van der Waals surface area contributed by atoms with Crippen molar-refractivity contribution in [2.75, 3.05) is 13.7 Å². The van der Waals surface area contributed by atoms with Gasteiger partial charge in [-0.3, -0.25) is 4.68 Å². The molecule has 0 spiro atoms. The Morgan fingerprint density at radius 3 is 3.00 bits per heavy atom. The van der Waals surface area contributed by atoms with Gasteiger partial charge in [0.1, 0.15) is 0 Å². The highest BCUT2D eigenvalue weighted by atomic mass is 16.5. The van der Waals surface area contributed by atoms with Crippen molar-refractivity contribution < 1.29 is 4.74 Å². The molecule has 1 aromatic rings. The first-order valence-electron chi connectivity index (χ1n) is 4.99. The maximum absolute atomic E-state index is 5.32. The molecule has 14 heavy (non-hydrogen) atoms. The molecule has 2 rings (SSSR count). The van der Waals surface area contributed by atoms with Gasteiger partial charge >= 0.3 is 0 Å². The molecule has 4 heteroatoms. The molecule has 2 heterocycles. The first kappa shape index (κ1) is 9.52. The van der Waals surface area contributed by atoms with Crippen LogP contribution < -0.4 is 10.1 Å². The Morgan fingerprint density at radius 2 is 2.43 bits per heavy atom. The molecule has 4 nitrogen and oxygen atoms in total. The number of hydrogen-bond donors (Lipinski definition) is 1. The highest BCUT2D eigenvalue weighted by Crippen LogP contribution is 2.35. The van der Waals surface area contributed by atoms with Crippen LogP contribution in [0.15, 0.2) is 6.20 Å². The zero-order chi connectivity index (χ0) is 10.2. The van der Waals surface area contributed by atoms with Gasteiger partial charge in [-0.05, 0) is 26.3 Å². The smallest absolute Gasteiger partial charge is 0.161 e. The molecule has 0 amide bonds. The molecule has 1 atom stereocenters. The molecule has 78 valence electrons. The molecule has 1 aliphatic heterocycles. The molecule has 1 aromatic heterocycles. The van der Waals surface area contributed by atoms with E-state index in [0.29, 0.717) is 0 Å². The first-order valence-corrected chi connectivity index (χ1v) is 4.99. The first-order chi connectivity index (χ1) is 6.67. The summed E-state index contributed by atoms with van der Waals surface area (Å²) in [6.45, 7) is 3.28. The number of nitrogens with zero attached hydrogens (tertiary/aromatic N) is 2. The van der Waals surface area contributed by atoms with Crippen molar-refractivity contribution in [3.63, 3.8) is 0 Å². The van der Waals surface area contributed by atoms with Gasteiger partial charge in [0.05, 0.1) is 24.5 Å². The third kappa shape index (κ3) is 1.30. The van der Waals surface area contributed by atoms with Crippen molar-refractivity contribution in [3.8, 4) is 5.75 Å². The molecule has 0 aliphatic carbocycles. The van der Waals surface area contributed by atoms with E-state index < -0.39 is 0 Å². The monoisotopic (exact) mass is 195 g/mol. The molecule has 0 aromatic carbocycles. The lowest BCUT2D eigenvalue weighted by Gasteiger charge is -2.25. The second-order valence-electron chi connectivity index (χ2n) is 4.05. The lowest BCUT2D eigenvalue weighted by atomic mass is 9.95. The van der Waals surface area contributed by atoms with Gasteiger partial charge in [-0.2, -0.15) is 5.10 Å². The predicted molar refractivity (Wildman–Crippen MR) is 54.3 cm³/mol. The average Bonchev–Trinajstić information content (AvgIpc) is 2.73. The molecule has 0 saturated carbocycles. The van der Waals surface area contributed by atoms with E-state index in [1.807, 2.05) is 11.7 Å². The van der Waals surface area contributed by atoms with Crippen molar-refractivity contribution in [1.82, 2.24) is 15.1 Å². The maximum atomic E-state index is 5.32. The Morgan fingerprint density at radius 1 is 1.64 bits per heavy atom. The Labute approximate surface area is 84.3 Å². The summed E-state index contributed by atoms with van der Waals surface area (Å²) in [5, 5.41) is 7.74. The summed E-state index contributed by atoms with van der Waals surface area (Å²) in [5.74, 6) is 0.879. The van der Waals surface area contributed by atoms with E-state index in [1.54, 1.807) is 13.3 Å². The molecule has 0 bridgehead atoms. The van der Waals surface area contributed by atoms with Crippen molar-refractivity contribution in [3.05, 3.63) is 11.9 Å². The second-order valence-corrected chi connectivity index (χ2v) is 4.05. The van der Waals surface area contributed by atoms with Gasteiger partial charge in [0.15, 0.2) is 5.75 Å². The van der Waals surface area contributed by atoms with Crippen LogP contribution in [0.2, 0.25) is 0 Å². The topological polar surface area (TPSA) is 39.1 Å². The number of ether oxygens (including phenoxy) is 1. The minimum absolute atomic E-state index is 0.0244. The van der Waals surface area contributed by atoms with Gasteiger partial charge in [-0.1, -0.05) is 0 Å². The van der Waals surface area contributed by atoms with Crippen LogP contribution in [0.1, 0.15) is 25.5 Å². The third-order valence-corrected chi connectivity index (χ3v) is 3.02. The lowest BCUT2D eigenvalue weighted by molar-refractivity contribution is 0.355. The minimum Gasteiger partial charge on any atom is -0.493 e. The number of aromatic nitrogens is 2. The van der Waals surface area contributed by atoms with Gasteiger partial charge in [0.2, 0.25) is 0 Å². The Kier molecular flexibility index (Phi) is 2.23. The molecule has 1 N–H and O–H groups in total. The van der Waals surface area contributed by atoms with Crippen molar-refractivity contribution in [1.29, 1.82) is 0 Å². The van der Waals surface area contributed by atoms with Gasteiger partial charge in [-0.15, -0.1) is 0 Å². The number of methoxy groups -OCH3 is 1. The van der Waals surface area contributed by atoms with Crippen LogP contribution in [0.25, 0.3) is 0 Å². The van der Waals surface area contributed by atoms with Crippen LogP contribution in [-0.2, 0) is 12.6 Å². The average molecular weight is 195 g/mol. The highest BCUT2D eigenvalue weighted by Gasteiger charge is 2.35. The number of nitrogens with one attached hydrogen (secondary N) is 1. The van der Waals surface area contributed by atoms with E-state index in [0.717, 1.165) is 24.4 Å². The molecule has 1 unspecified atom stereocenters. The standard InChI is InChI=1S/C10H17N3O/c1-10(5-4-6-11-10)9-8(14-3)7-12-13(9)2/h7,11H,4-6H2,1-3H3. The largest absolute Gasteiger partial charge is 0.493 e. The maximum Gasteiger partial charge on any atom is 0.161 e. The van der Waals surface area contributed by atoms with E-state index in [-0.39, 0.29) is 5.54 Å². The van der Waals surface area contributed by atoms with Gasteiger partial charge < -0.3 is 10.1 Å². The highest BCUT2D eigenvalue weighted by molar-refractivity contribution is 5.32. The fraction of sp³-hybridized carbons (Fsp3) is 0.700.